The van der Waals surface area contributed by atoms with Crippen LogP contribution in [0.15, 0.2) is 35.9 Å². The maximum Gasteiger partial charge on any atom is 0.270 e. The van der Waals surface area contributed by atoms with Gasteiger partial charge in [0.25, 0.3) is 11.8 Å². The van der Waals surface area contributed by atoms with Gasteiger partial charge in [0, 0.05) is 12.1 Å². The van der Waals surface area contributed by atoms with E-state index in [1.807, 2.05) is 32.0 Å². The van der Waals surface area contributed by atoms with Crippen molar-refractivity contribution in [2.45, 2.75) is 13.8 Å². The molecule has 2 aromatic carbocycles. The van der Waals surface area contributed by atoms with Gasteiger partial charge in [-0.15, -0.1) is 0 Å². The number of methoxy groups -OCH3 is 3. The van der Waals surface area contributed by atoms with Crippen LogP contribution in [-0.2, 0) is 9.59 Å². The highest BCUT2D eigenvalue weighted by atomic mass is 32.1. The Balaban J connectivity index is 2.15. The van der Waals surface area contributed by atoms with Crippen LogP contribution >= 0.6 is 12.2 Å². The van der Waals surface area contributed by atoms with E-state index in [1.54, 1.807) is 12.1 Å². The number of carbonyl (C=O) groups excluding carboxylic acids is 2. The number of anilines is 1. The summed E-state index contributed by atoms with van der Waals surface area (Å²) in [7, 11) is 4.49. The van der Waals surface area contributed by atoms with Gasteiger partial charge < -0.3 is 14.2 Å². The van der Waals surface area contributed by atoms with E-state index in [4.69, 9.17) is 26.4 Å². The first-order valence-corrected chi connectivity index (χ1v) is 9.50. The fourth-order valence-electron chi connectivity index (χ4n) is 3.16. The van der Waals surface area contributed by atoms with E-state index in [1.165, 1.54) is 32.3 Å². The van der Waals surface area contributed by atoms with Crippen LogP contribution in [-0.4, -0.2) is 38.3 Å². The summed E-state index contributed by atoms with van der Waals surface area (Å²) >= 11 is 5.29. The molecule has 0 spiro atoms. The Morgan fingerprint density at radius 1 is 0.967 bits per heavy atom. The molecule has 8 heteroatoms. The summed E-state index contributed by atoms with van der Waals surface area (Å²) in [6.07, 6.45) is 1.44. The lowest BCUT2D eigenvalue weighted by Gasteiger charge is -2.30. The van der Waals surface area contributed by atoms with Crippen molar-refractivity contribution in [1.29, 1.82) is 0 Å². The Hall–Kier alpha value is -3.39. The SMILES string of the molecule is COc1cc(OC)c(/C=C2\C(=O)NC(=S)N(c3cc(C)ccc3C)C2=O)c(OC)c1. The summed E-state index contributed by atoms with van der Waals surface area (Å²) in [5.41, 5.74) is 2.78. The number of hydrogen-bond acceptors (Lipinski definition) is 6. The van der Waals surface area contributed by atoms with Gasteiger partial charge in [0.1, 0.15) is 22.8 Å². The molecular weight excluding hydrogens is 404 g/mol. The van der Waals surface area contributed by atoms with Gasteiger partial charge in [-0.05, 0) is 49.3 Å². The predicted molar refractivity (Wildman–Crippen MR) is 118 cm³/mol. The Morgan fingerprint density at radius 3 is 2.17 bits per heavy atom. The quantitative estimate of drug-likeness (QED) is 0.450. The molecule has 0 radical (unpaired) electrons. The van der Waals surface area contributed by atoms with E-state index < -0.39 is 11.8 Å². The second kappa shape index (κ2) is 8.54. The maximum atomic E-state index is 13.3. The van der Waals surface area contributed by atoms with E-state index in [9.17, 15) is 9.59 Å². The largest absolute Gasteiger partial charge is 0.496 e. The number of nitrogens with zero attached hydrogens (tertiary/aromatic N) is 1. The molecule has 3 rings (SSSR count). The molecule has 7 nitrogen and oxygen atoms in total. The van der Waals surface area contributed by atoms with Crippen LogP contribution < -0.4 is 24.4 Å². The number of carbonyl (C=O) groups is 2. The molecule has 1 aliphatic heterocycles. The summed E-state index contributed by atoms with van der Waals surface area (Å²) in [6.45, 7) is 3.79. The molecule has 0 aromatic heterocycles. The third kappa shape index (κ3) is 3.86. The molecule has 0 atom stereocenters. The molecule has 0 unspecified atom stereocenters. The second-order valence-corrected chi connectivity index (χ2v) is 7.08. The van der Waals surface area contributed by atoms with Gasteiger partial charge in [-0.1, -0.05) is 12.1 Å². The minimum Gasteiger partial charge on any atom is -0.496 e. The molecule has 30 heavy (non-hydrogen) atoms. The van der Waals surface area contributed by atoms with E-state index in [-0.39, 0.29) is 10.7 Å². The number of nitrogens with one attached hydrogen (secondary N) is 1. The summed E-state index contributed by atoms with van der Waals surface area (Å²) < 4.78 is 16.1. The fourth-order valence-corrected chi connectivity index (χ4v) is 3.43. The Bertz CT molecular complexity index is 1050. The van der Waals surface area contributed by atoms with Crippen LogP contribution in [0, 0.1) is 13.8 Å². The average molecular weight is 426 g/mol. The molecule has 1 fully saturated rings. The zero-order chi connectivity index (χ0) is 22.0. The molecule has 1 heterocycles. The number of ether oxygens (including phenoxy) is 3. The minimum atomic E-state index is -0.591. The zero-order valence-electron chi connectivity index (χ0n) is 17.4. The van der Waals surface area contributed by atoms with Crippen LogP contribution in [0.2, 0.25) is 0 Å². The number of aryl methyl sites for hydroxylation is 2. The summed E-state index contributed by atoms with van der Waals surface area (Å²) in [5, 5.41) is 2.63. The van der Waals surface area contributed by atoms with E-state index in [0.717, 1.165) is 11.1 Å². The maximum absolute atomic E-state index is 13.3. The van der Waals surface area contributed by atoms with Crippen molar-refractivity contribution in [3.8, 4) is 17.2 Å². The third-order valence-corrected chi connectivity index (χ3v) is 5.03. The lowest BCUT2D eigenvalue weighted by Crippen LogP contribution is -2.54. The van der Waals surface area contributed by atoms with Gasteiger partial charge in [-0.25, -0.2) is 0 Å². The molecule has 156 valence electrons. The number of thiocarbonyl (C=S) groups is 1. The third-order valence-electron chi connectivity index (χ3n) is 4.75. The highest BCUT2D eigenvalue weighted by Gasteiger charge is 2.35. The van der Waals surface area contributed by atoms with Crippen molar-refractivity contribution < 1.29 is 23.8 Å². The molecule has 2 amide bonds. The number of rotatable bonds is 5. The van der Waals surface area contributed by atoms with Gasteiger partial charge in [0.2, 0.25) is 0 Å². The van der Waals surface area contributed by atoms with Gasteiger partial charge >= 0.3 is 0 Å². The highest BCUT2D eigenvalue weighted by molar-refractivity contribution is 7.80. The molecule has 1 saturated heterocycles. The number of hydrogen-bond donors (Lipinski definition) is 1. The molecule has 1 N–H and O–H groups in total. The lowest BCUT2D eigenvalue weighted by molar-refractivity contribution is -0.122. The topological polar surface area (TPSA) is 77.1 Å². The number of benzene rings is 2. The van der Waals surface area contributed by atoms with Crippen LogP contribution in [0.1, 0.15) is 16.7 Å². The van der Waals surface area contributed by atoms with Gasteiger partial charge in [0.15, 0.2) is 5.11 Å². The molecular formula is C22H22N2O5S. The van der Waals surface area contributed by atoms with E-state index in [2.05, 4.69) is 5.32 Å². The van der Waals surface area contributed by atoms with Crippen molar-refractivity contribution in [1.82, 2.24) is 5.32 Å². The van der Waals surface area contributed by atoms with Gasteiger partial charge in [0.05, 0.1) is 32.6 Å². The van der Waals surface area contributed by atoms with Gasteiger partial charge in [-0.3, -0.25) is 19.8 Å². The number of amides is 2. The highest BCUT2D eigenvalue weighted by Crippen LogP contribution is 2.36. The van der Waals surface area contributed by atoms with Crippen molar-refractivity contribution in [2.24, 2.45) is 0 Å². The molecule has 2 aromatic rings. The lowest BCUT2D eigenvalue weighted by atomic mass is 10.0. The summed E-state index contributed by atoms with van der Waals surface area (Å²) in [5.74, 6) is 0.184. The molecule has 0 saturated carbocycles. The predicted octanol–water partition coefficient (Wildman–Crippen LogP) is 3.16. The Kier molecular flexibility index (Phi) is 6.07. The van der Waals surface area contributed by atoms with Crippen molar-refractivity contribution in [3.05, 3.63) is 52.6 Å². The normalized spacial score (nSPS) is 15.3. The second-order valence-electron chi connectivity index (χ2n) is 6.69. The Labute approximate surface area is 180 Å². The van der Waals surface area contributed by atoms with Crippen molar-refractivity contribution in [2.75, 3.05) is 26.2 Å². The van der Waals surface area contributed by atoms with Crippen molar-refractivity contribution in [3.63, 3.8) is 0 Å². The summed E-state index contributed by atoms with van der Waals surface area (Å²) in [6, 6.07) is 8.98. The standard InChI is InChI=1S/C22H22N2O5S/c1-12-6-7-13(2)17(8-12)24-21(26)16(20(25)23-22(24)30)11-15-18(28-4)9-14(27-3)10-19(15)29-5/h6-11H,1-5H3,(H,23,25,30)/b16-11+. The van der Waals surface area contributed by atoms with E-state index >= 15 is 0 Å². The van der Waals surface area contributed by atoms with E-state index in [0.29, 0.717) is 28.5 Å². The minimum absolute atomic E-state index is 0.0320. The first kappa shape index (κ1) is 21.3. The first-order valence-electron chi connectivity index (χ1n) is 9.09. The van der Waals surface area contributed by atoms with Crippen molar-refractivity contribution >= 4 is 40.9 Å². The zero-order valence-corrected chi connectivity index (χ0v) is 18.2. The van der Waals surface area contributed by atoms with Gasteiger partial charge in [-0.2, -0.15) is 0 Å². The molecule has 0 aliphatic carbocycles. The smallest absolute Gasteiger partial charge is 0.270 e. The summed E-state index contributed by atoms with van der Waals surface area (Å²) in [4.78, 5) is 27.3. The monoisotopic (exact) mass is 426 g/mol. The van der Waals surface area contributed by atoms with Crippen LogP contribution in [0.25, 0.3) is 6.08 Å². The van der Waals surface area contributed by atoms with Crippen LogP contribution in [0.4, 0.5) is 5.69 Å². The molecule has 1 aliphatic rings. The fraction of sp³-hybridized carbons (Fsp3) is 0.227. The molecule has 0 bridgehead atoms. The van der Waals surface area contributed by atoms with Crippen LogP contribution in [0.5, 0.6) is 17.2 Å². The van der Waals surface area contributed by atoms with Crippen LogP contribution in [0.3, 0.4) is 0 Å². The Morgan fingerprint density at radius 2 is 1.60 bits per heavy atom. The average Bonchev–Trinajstić information content (AvgIpc) is 2.72. The first-order chi connectivity index (χ1) is 14.3.